The molecule has 0 spiro atoms. The molecule has 0 fully saturated rings. The van der Waals surface area contributed by atoms with Gasteiger partial charge in [0.05, 0.1) is 0 Å². The maximum Gasteiger partial charge on any atom is 0.0354 e. The number of benzene rings is 1. The molecule has 0 radical (unpaired) electrons. The Balaban J connectivity index is 2.76. The summed E-state index contributed by atoms with van der Waals surface area (Å²) >= 11 is 0. The molecule has 1 rings (SSSR count). The van der Waals surface area contributed by atoms with Crippen LogP contribution >= 0.6 is 0 Å². The summed E-state index contributed by atoms with van der Waals surface area (Å²) in [7, 11) is 0. The van der Waals surface area contributed by atoms with E-state index in [9.17, 15) is 0 Å². The monoisotopic (exact) mass is 189 g/mol. The highest BCUT2D eigenvalue weighted by Crippen LogP contribution is 2.17. The van der Waals surface area contributed by atoms with Crippen LogP contribution < -0.4 is 5.32 Å². The first-order chi connectivity index (χ1) is 6.77. The summed E-state index contributed by atoms with van der Waals surface area (Å²) in [5, 5.41) is 3.45. The van der Waals surface area contributed by atoms with Gasteiger partial charge in [0, 0.05) is 6.04 Å². The van der Waals surface area contributed by atoms with Gasteiger partial charge in [0.1, 0.15) is 0 Å². The molecule has 1 nitrogen and oxygen atoms in total. The van der Waals surface area contributed by atoms with Crippen LogP contribution in [0.3, 0.4) is 0 Å². The summed E-state index contributed by atoms with van der Waals surface area (Å²) < 4.78 is 0. The molecule has 1 heteroatoms. The number of hydrogen-bond acceptors (Lipinski definition) is 1. The lowest BCUT2D eigenvalue weighted by Gasteiger charge is -2.16. The fourth-order valence-electron chi connectivity index (χ4n) is 1.55. The van der Waals surface area contributed by atoms with E-state index < -0.39 is 0 Å². The van der Waals surface area contributed by atoms with Gasteiger partial charge in [-0.25, -0.2) is 0 Å². The largest absolute Gasteiger partial charge is 0.310 e. The Morgan fingerprint density at radius 3 is 2.50 bits per heavy atom. The number of nitrogens with one attached hydrogen (secondary N) is 1. The molecule has 0 aliphatic heterocycles. The van der Waals surface area contributed by atoms with E-state index >= 15 is 0 Å². The van der Waals surface area contributed by atoms with E-state index in [2.05, 4.69) is 50.0 Å². The SMILES string of the molecule is C=CCC(NCC)c1ccc(C)cc1. The predicted molar refractivity (Wildman–Crippen MR) is 62.4 cm³/mol. The molecule has 0 saturated heterocycles. The standard InChI is InChI=1S/C13H19N/c1-4-6-13(14-5-2)12-9-7-11(3)8-10-12/h4,7-10,13-14H,1,5-6H2,2-3H3. The first kappa shape index (κ1) is 11.0. The van der Waals surface area contributed by atoms with Crippen molar-refractivity contribution in [2.45, 2.75) is 26.3 Å². The molecule has 1 N–H and O–H groups in total. The van der Waals surface area contributed by atoms with Crippen LogP contribution in [0.25, 0.3) is 0 Å². The Labute approximate surface area is 86.8 Å². The Morgan fingerprint density at radius 2 is 2.00 bits per heavy atom. The predicted octanol–water partition coefficient (Wildman–Crippen LogP) is 3.22. The smallest absolute Gasteiger partial charge is 0.0354 e. The van der Waals surface area contributed by atoms with Crippen LogP contribution in [0.15, 0.2) is 36.9 Å². The minimum atomic E-state index is 0.415. The molecule has 14 heavy (non-hydrogen) atoms. The van der Waals surface area contributed by atoms with Crippen molar-refractivity contribution in [3.05, 3.63) is 48.0 Å². The van der Waals surface area contributed by atoms with Crippen molar-refractivity contribution in [3.63, 3.8) is 0 Å². The molecule has 0 bridgehead atoms. The van der Waals surface area contributed by atoms with Crippen LogP contribution in [-0.2, 0) is 0 Å². The van der Waals surface area contributed by atoms with E-state index in [-0.39, 0.29) is 0 Å². The quantitative estimate of drug-likeness (QED) is 0.701. The van der Waals surface area contributed by atoms with Crippen molar-refractivity contribution in [3.8, 4) is 0 Å². The molecule has 0 saturated carbocycles. The molecule has 0 aliphatic carbocycles. The van der Waals surface area contributed by atoms with Crippen molar-refractivity contribution in [2.24, 2.45) is 0 Å². The molecule has 0 aliphatic rings. The summed E-state index contributed by atoms with van der Waals surface area (Å²) in [4.78, 5) is 0. The first-order valence-electron chi connectivity index (χ1n) is 5.18. The summed E-state index contributed by atoms with van der Waals surface area (Å²) in [6.07, 6.45) is 2.95. The zero-order chi connectivity index (χ0) is 10.4. The fraction of sp³-hybridized carbons (Fsp3) is 0.385. The lowest BCUT2D eigenvalue weighted by atomic mass is 10.0. The van der Waals surface area contributed by atoms with Crippen molar-refractivity contribution in [2.75, 3.05) is 6.54 Å². The van der Waals surface area contributed by atoms with E-state index in [1.54, 1.807) is 0 Å². The Morgan fingerprint density at radius 1 is 1.36 bits per heavy atom. The zero-order valence-electron chi connectivity index (χ0n) is 9.09. The van der Waals surface area contributed by atoms with Crippen LogP contribution in [0.5, 0.6) is 0 Å². The number of hydrogen-bond donors (Lipinski definition) is 1. The normalized spacial score (nSPS) is 12.4. The molecule has 76 valence electrons. The average Bonchev–Trinajstić information content (AvgIpc) is 2.19. The van der Waals surface area contributed by atoms with Crippen LogP contribution in [0.4, 0.5) is 0 Å². The van der Waals surface area contributed by atoms with E-state index in [1.165, 1.54) is 11.1 Å². The maximum atomic E-state index is 3.79. The first-order valence-corrected chi connectivity index (χ1v) is 5.18. The highest BCUT2D eigenvalue weighted by molar-refractivity contribution is 5.24. The van der Waals surface area contributed by atoms with Gasteiger partial charge in [-0.3, -0.25) is 0 Å². The topological polar surface area (TPSA) is 12.0 Å². The second-order valence-electron chi connectivity index (χ2n) is 3.55. The number of aryl methyl sites for hydroxylation is 1. The summed E-state index contributed by atoms with van der Waals surface area (Å²) in [5.41, 5.74) is 2.65. The minimum absolute atomic E-state index is 0.415. The van der Waals surface area contributed by atoms with Gasteiger partial charge in [-0.15, -0.1) is 6.58 Å². The van der Waals surface area contributed by atoms with Crippen LogP contribution in [0.1, 0.15) is 30.5 Å². The van der Waals surface area contributed by atoms with Gasteiger partial charge >= 0.3 is 0 Å². The zero-order valence-corrected chi connectivity index (χ0v) is 9.09. The van der Waals surface area contributed by atoms with Gasteiger partial charge in [0.25, 0.3) is 0 Å². The lowest BCUT2D eigenvalue weighted by molar-refractivity contribution is 0.559. The van der Waals surface area contributed by atoms with Crippen molar-refractivity contribution in [1.82, 2.24) is 5.32 Å². The van der Waals surface area contributed by atoms with Crippen LogP contribution in [-0.4, -0.2) is 6.54 Å². The Bertz CT molecular complexity index is 274. The molecule has 1 aromatic carbocycles. The highest BCUT2D eigenvalue weighted by atomic mass is 14.9. The molecule has 1 atom stereocenters. The third kappa shape index (κ3) is 3.00. The molecule has 0 aromatic heterocycles. The average molecular weight is 189 g/mol. The van der Waals surface area contributed by atoms with Gasteiger partial charge in [0.2, 0.25) is 0 Å². The molecule has 1 unspecified atom stereocenters. The maximum absolute atomic E-state index is 3.79. The van der Waals surface area contributed by atoms with E-state index in [0.29, 0.717) is 6.04 Å². The minimum Gasteiger partial charge on any atom is -0.310 e. The summed E-state index contributed by atoms with van der Waals surface area (Å²) in [6, 6.07) is 9.10. The molecule has 0 amide bonds. The molecule has 1 aromatic rings. The van der Waals surface area contributed by atoms with Gasteiger partial charge in [-0.05, 0) is 25.5 Å². The Hall–Kier alpha value is -1.08. The molecular weight excluding hydrogens is 170 g/mol. The van der Waals surface area contributed by atoms with E-state index in [1.807, 2.05) is 6.08 Å². The van der Waals surface area contributed by atoms with Gasteiger partial charge in [0.15, 0.2) is 0 Å². The fourth-order valence-corrected chi connectivity index (χ4v) is 1.55. The van der Waals surface area contributed by atoms with E-state index in [0.717, 1.165) is 13.0 Å². The summed E-state index contributed by atoms with van der Waals surface area (Å²) in [6.45, 7) is 9.02. The van der Waals surface area contributed by atoms with E-state index in [4.69, 9.17) is 0 Å². The molecular formula is C13H19N. The third-order valence-electron chi connectivity index (χ3n) is 2.33. The second kappa shape index (κ2) is 5.61. The van der Waals surface area contributed by atoms with Gasteiger partial charge in [-0.2, -0.15) is 0 Å². The third-order valence-corrected chi connectivity index (χ3v) is 2.33. The Kier molecular flexibility index (Phi) is 4.41. The van der Waals surface area contributed by atoms with Gasteiger partial charge in [-0.1, -0.05) is 42.8 Å². The van der Waals surface area contributed by atoms with Crippen LogP contribution in [0, 0.1) is 6.92 Å². The number of rotatable bonds is 5. The highest BCUT2D eigenvalue weighted by Gasteiger charge is 2.06. The van der Waals surface area contributed by atoms with Crippen molar-refractivity contribution in [1.29, 1.82) is 0 Å². The van der Waals surface area contributed by atoms with Crippen molar-refractivity contribution >= 4 is 0 Å². The van der Waals surface area contributed by atoms with Gasteiger partial charge < -0.3 is 5.32 Å². The lowest BCUT2D eigenvalue weighted by Crippen LogP contribution is -2.20. The molecule has 0 heterocycles. The van der Waals surface area contributed by atoms with Crippen LogP contribution in [0.2, 0.25) is 0 Å². The van der Waals surface area contributed by atoms with Crippen molar-refractivity contribution < 1.29 is 0 Å². The second-order valence-corrected chi connectivity index (χ2v) is 3.55. The summed E-state index contributed by atoms with van der Waals surface area (Å²) in [5.74, 6) is 0.